The van der Waals surface area contributed by atoms with Gasteiger partial charge < -0.3 is 0 Å². The first-order valence-electron chi connectivity index (χ1n) is 4.55. The largest absolute Gasteiger partial charge is 0.293 e. The van der Waals surface area contributed by atoms with Crippen LogP contribution >= 0.6 is 45.7 Å². The van der Waals surface area contributed by atoms with Crippen LogP contribution in [0.3, 0.4) is 0 Å². The van der Waals surface area contributed by atoms with Gasteiger partial charge in [-0.15, -0.1) is 23.1 Å². The fraction of sp³-hybridized carbons (Fsp3) is 0.500. The van der Waals surface area contributed by atoms with Crippen LogP contribution in [0.4, 0.5) is 0 Å². The van der Waals surface area contributed by atoms with Crippen molar-refractivity contribution >= 4 is 51.5 Å². The molecule has 2 rings (SSSR count). The molecule has 1 aliphatic rings. The van der Waals surface area contributed by atoms with Crippen molar-refractivity contribution in [3.8, 4) is 0 Å². The summed E-state index contributed by atoms with van der Waals surface area (Å²) in [6, 6.07) is 2.00. The van der Waals surface area contributed by atoms with Gasteiger partial charge in [0.1, 0.15) is 0 Å². The minimum Gasteiger partial charge on any atom is -0.293 e. The molecule has 1 aromatic heterocycles. The predicted molar refractivity (Wildman–Crippen MR) is 71.5 cm³/mol. The average Bonchev–Trinajstić information content (AvgIpc) is 2.74. The Kier molecular flexibility index (Phi) is 3.24. The van der Waals surface area contributed by atoms with Crippen molar-refractivity contribution in [1.82, 2.24) is 0 Å². The van der Waals surface area contributed by atoms with Crippen molar-refractivity contribution in [3.63, 3.8) is 0 Å². The molecule has 1 fully saturated rings. The van der Waals surface area contributed by atoms with Crippen molar-refractivity contribution < 1.29 is 4.79 Å². The SMILES string of the molecule is CC1(C(=O)c2csc(I)c2)CCCS1. The number of hydrogen-bond acceptors (Lipinski definition) is 3. The highest BCUT2D eigenvalue weighted by Gasteiger charge is 2.37. The molecule has 2 heterocycles. The number of Topliss-reactive ketones (excluding diaryl/α,β-unsaturated/α-hetero) is 1. The van der Waals surface area contributed by atoms with Crippen LogP contribution in [-0.2, 0) is 0 Å². The smallest absolute Gasteiger partial charge is 0.179 e. The third-order valence-electron chi connectivity index (χ3n) is 2.53. The Labute approximate surface area is 106 Å². The first-order valence-corrected chi connectivity index (χ1v) is 7.49. The monoisotopic (exact) mass is 338 g/mol. The molecular weight excluding hydrogens is 327 g/mol. The number of carbonyl (C=O) groups excluding carboxylic acids is 1. The lowest BCUT2D eigenvalue weighted by molar-refractivity contribution is 0.0949. The first kappa shape index (κ1) is 11.0. The van der Waals surface area contributed by atoms with E-state index in [4.69, 9.17) is 0 Å². The minimum absolute atomic E-state index is 0.149. The molecule has 14 heavy (non-hydrogen) atoms. The Bertz CT molecular complexity index is 353. The lowest BCUT2D eigenvalue weighted by Crippen LogP contribution is -2.28. The van der Waals surface area contributed by atoms with Crippen LogP contribution in [-0.4, -0.2) is 16.3 Å². The van der Waals surface area contributed by atoms with Gasteiger partial charge in [-0.05, 0) is 54.2 Å². The van der Waals surface area contributed by atoms with E-state index in [9.17, 15) is 4.79 Å². The summed E-state index contributed by atoms with van der Waals surface area (Å²) in [7, 11) is 0. The molecule has 0 spiro atoms. The maximum absolute atomic E-state index is 12.2. The molecule has 0 bridgehead atoms. The number of hydrogen-bond donors (Lipinski definition) is 0. The Morgan fingerprint density at radius 3 is 2.93 bits per heavy atom. The van der Waals surface area contributed by atoms with Gasteiger partial charge in [-0.3, -0.25) is 4.79 Å². The molecule has 1 atom stereocenters. The Hall–Kier alpha value is 0.450. The number of ketones is 1. The molecule has 0 aliphatic carbocycles. The van der Waals surface area contributed by atoms with E-state index in [1.165, 1.54) is 9.30 Å². The van der Waals surface area contributed by atoms with E-state index in [0.29, 0.717) is 5.78 Å². The second kappa shape index (κ2) is 4.14. The summed E-state index contributed by atoms with van der Waals surface area (Å²) < 4.78 is 1.04. The third-order valence-corrected chi connectivity index (χ3v) is 5.84. The standard InChI is InChI=1S/C10H11IOS2/c1-10(3-2-4-14-10)9(12)7-5-8(11)13-6-7/h5-6H,2-4H2,1H3. The van der Waals surface area contributed by atoms with Gasteiger partial charge in [0.05, 0.1) is 7.63 Å². The van der Waals surface area contributed by atoms with E-state index in [2.05, 4.69) is 29.5 Å². The average molecular weight is 338 g/mol. The zero-order valence-corrected chi connectivity index (χ0v) is 11.7. The van der Waals surface area contributed by atoms with Crippen LogP contribution in [0.1, 0.15) is 30.1 Å². The lowest BCUT2D eigenvalue weighted by Gasteiger charge is -2.19. The van der Waals surface area contributed by atoms with Gasteiger partial charge >= 0.3 is 0 Å². The van der Waals surface area contributed by atoms with Gasteiger partial charge in [0.2, 0.25) is 0 Å². The predicted octanol–water partition coefficient (Wildman–Crippen LogP) is 3.82. The zero-order valence-electron chi connectivity index (χ0n) is 7.88. The summed E-state index contributed by atoms with van der Waals surface area (Å²) in [6.07, 6.45) is 2.21. The number of halogens is 1. The molecule has 1 aromatic rings. The lowest BCUT2D eigenvalue weighted by atomic mass is 9.96. The highest BCUT2D eigenvalue weighted by molar-refractivity contribution is 14.1. The van der Waals surface area contributed by atoms with Crippen LogP contribution < -0.4 is 0 Å². The van der Waals surface area contributed by atoms with Crippen LogP contribution in [0.15, 0.2) is 11.4 Å². The number of rotatable bonds is 2. The van der Waals surface area contributed by atoms with Crippen molar-refractivity contribution in [2.45, 2.75) is 24.5 Å². The molecule has 0 aromatic carbocycles. The fourth-order valence-corrected chi connectivity index (χ4v) is 4.30. The minimum atomic E-state index is -0.149. The van der Waals surface area contributed by atoms with Gasteiger partial charge in [0, 0.05) is 10.9 Å². The second-order valence-electron chi connectivity index (χ2n) is 3.65. The van der Waals surface area contributed by atoms with E-state index < -0.39 is 0 Å². The van der Waals surface area contributed by atoms with E-state index in [0.717, 1.165) is 17.7 Å². The van der Waals surface area contributed by atoms with Gasteiger partial charge in [-0.25, -0.2) is 0 Å². The van der Waals surface area contributed by atoms with Crippen LogP contribution in [0.2, 0.25) is 0 Å². The quantitative estimate of drug-likeness (QED) is 0.602. The molecule has 1 aliphatic heterocycles. The highest BCUT2D eigenvalue weighted by atomic mass is 127. The highest BCUT2D eigenvalue weighted by Crippen LogP contribution is 2.40. The molecule has 4 heteroatoms. The van der Waals surface area contributed by atoms with Crippen LogP contribution in [0, 0.1) is 2.88 Å². The topological polar surface area (TPSA) is 17.1 Å². The van der Waals surface area contributed by atoms with E-state index in [1.807, 2.05) is 23.2 Å². The summed E-state index contributed by atoms with van der Waals surface area (Å²) in [5, 5.41) is 1.98. The molecule has 0 N–H and O–H groups in total. The van der Waals surface area contributed by atoms with Crippen LogP contribution in [0.25, 0.3) is 0 Å². The number of carbonyl (C=O) groups is 1. The fourth-order valence-electron chi connectivity index (χ4n) is 1.69. The maximum Gasteiger partial charge on any atom is 0.179 e. The van der Waals surface area contributed by atoms with E-state index >= 15 is 0 Å². The van der Waals surface area contributed by atoms with Gasteiger partial charge in [-0.1, -0.05) is 0 Å². The van der Waals surface area contributed by atoms with Crippen molar-refractivity contribution in [2.75, 3.05) is 5.75 Å². The van der Waals surface area contributed by atoms with E-state index in [-0.39, 0.29) is 4.75 Å². The summed E-state index contributed by atoms with van der Waals surface area (Å²) >= 11 is 5.72. The second-order valence-corrected chi connectivity index (χ2v) is 8.05. The first-order chi connectivity index (χ1) is 6.62. The van der Waals surface area contributed by atoms with Crippen molar-refractivity contribution in [1.29, 1.82) is 0 Å². The molecule has 1 unspecified atom stereocenters. The Balaban J connectivity index is 2.23. The maximum atomic E-state index is 12.2. The molecule has 76 valence electrons. The number of thioether (sulfide) groups is 1. The molecule has 1 saturated heterocycles. The normalized spacial score (nSPS) is 26.7. The molecule has 0 amide bonds. The van der Waals surface area contributed by atoms with Gasteiger partial charge in [0.25, 0.3) is 0 Å². The van der Waals surface area contributed by atoms with E-state index in [1.54, 1.807) is 11.3 Å². The summed E-state index contributed by atoms with van der Waals surface area (Å²) in [5.41, 5.74) is 0.899. The molecule has 0 radical (unpaired) electrons. The molecule has 1 nitrogen and oxygen atoms in total. The Morgan fingerprint density at radius 1 is 1.64 bits per heavy atom. The molecule has 0 saturated carbocycles. The summed E-state index contributed by atoms with van der Waals surface area (Å²) in [5.74, 6) is 1.45. The third kappa shape index (κ3) is 2.02. The van der Waals surface area contributed by atoms with Crippen LogP contribution in [0.5, 0.6) is 0 Å². The Morgan fingerprint density at radius 2 is 2.43 bits per heavy atom. The summed E-state index contributed by atoms with van der Waals surface area (Å²) in [4.78, 5) is 12.2. The zero-order chi connectivity index (χ0) is 10.2. The van der Waals surface area contributed by atoms with Gasteiger partial charge in [0.15, 0.2) is 5.78 Å². The summed E-state index contributed by atoms with van der Waals surface area (Å²) in [6.45, 7) is 2.08. The van der Waals surface area contributed by atoms with Crippen molar-refractivity contribution in [2.24, 2.45) is 0 Å². The van der Waals surface area contributed by atoms with Gasteiger partial charge in [-0.2, -0.15) is 0 Å². The number of thiophene rings is 1. The van der Waals surface area contributed by atoms with Crippen molar-refractivity contribution in [3.05, 3.63) is 19.9 Å². The molecular formula is C10H11IOS2.